The summed E-state index contributed by atoms with van der Waals surface area (Å²) in [4.78, 5) is 0. The Morgan fingerprint density at radius 1 is 1.57 bits per heavy atom. The summed E-state index contributed by atoms with van der Waals surface area (Å²) in [6, 6.07) is 0.223. The Morgan fingerprint density at radius 3 is 2.64 bits per heavy atom. The second kappa shape index (κ2) is 4.57. The van der Waals surface area contributed by atoms with Crippen molar-refractivity contribution in [3.05, 3.63) is 0 Å². The van der Waals surface area contributed by atoms with E-state index in [1.165, 1.54) is 0 Å². The van der Waals surface area contributed by atoms with Gasteiger partial charge in [0, 0.05) is 12.6 Å². The zero-order chi connectivity index (χ0) is 10.8. The molecule has 0 amide bonds. The summed E-state index contributed by atoms with van der Waals surface area (Å²) in [5.74, 6) is 1.28. The van der Waals surface area contributed by atoms with Gasteiger partial charge in [0.15, 0.2) is 0 Å². The first-order chi connectivity index (χ1) is 6.38. The highest BCUT2D eigenvalue weighted by Crippen LogP contribution is 2.21. The maximum absolute atomic E-state index is 10.6. The zero-order valence-corrected chi connectivity index (χ0v) is 9.47. The molecule has 0 spiro atoms. The summed E-state index contributed by atoms with van der Waals surface area (Å²) < 4.78 is 23.6. The van der Waals surface area contributed by atoms with Gasteiger partial charge >= 0.3 is 0 Å². The van der Waals surface area contributed by atoms with Crippen LogP contribution in [0.5, 0.6) is 0 Å². The van der Waals surface area contributed by atoms with Crippen molar-refractivity contribution in [1.82, 2.24) is 10.0 Å². The number of nitrogens with one attached hydrogen (secondary N) is 2. The van der Waals surface area contributed by atoms with E-state index in [4.69, 9.17) is 5.14 Å². The van der Waals surface area contributed by atoms with Gasteiger partial charge in [0.05, 0.1) is 0 Å². The van der Waals surface area contributed by atoms with E-state index in [-0.39, 0.29) is 6.04 Å². The lowest BCUT2D eigenvalue weighted by molar-refractivity contribution is 0.409. The Morgan fingerprint density at radius 2 is 2.21 bits per heavy atom. The highest BCUT2D eigenvalue weighted by molar-refractivity contribution is 7.87. The van der Waals surface area contributed by atoms with Gasteiger partial charge in [0.25, 0.3) is 10.2 Å². The Bertz CT molecular complexity index is 276. The molecule has 0 saturated carbocycles. The number of hydrogen-bond donors (Lipinski definition) is 3. The Labute approximate surface area is 85.6 Å². The molecule has 1 heterocycles. The van der Waals surface area contributed by atoms with Crippen molar-refractivity contribution in [2.24, 2.45) is 17.0 Å². The van der Waals surface area contributed by atoms with E-state index in [0.29, 0.717) is 18.4 Å². The fourth-order valence-corrected chi connectivity index (χ4v) is 2.16. The van der Waals surface area contributed by atoms with Crippen LogP contribution in [-0.2, 0) is 10.2 Å². The van der Waals surface area contributed by atoms with E-state index < -0.39 is 10.2 Å². The Hall–Kier alpha value is -0.170. The summed E-state index contributed by atoms with van der Waals surface area (Å²) in [5.41, 5.74) is 0. The van der Waals surface area contributed by atoms with Gasteiger partial charge in [-0.15, -0.1) is 0 Å². The van der Waals surface area contributed by atoms with Crippen LogP contribution in [0.25, 0.3) is 0 Å². The van der Waals surface area contributed by atoms with Crippen molar-refractivity contribution in [2.45, 2.75) is 26.3 Å². The molecule has 84 valence electrons. The first-order valence-corrected chi connectivity index (χ1v) is 6.44. The third kappa shape index (κ3) is 3.91. The Balaban J connectivity index is 2.30. The van der Waals surface area contributed by atoms with Crippen molar-refractivity contribution in [3.63, 3.8) is 0 Å². The standard InChI is InChI=1S/C8H19N3O2S/c1-6(2)7-3-8(10-4-7)5-11-14(9,12)13/h6-8,10-11H,3-5H2,1-2H3,(H2,9,12,13)/t7-,8-/m0/s1. The number of hydrogen-bond acceptors (Lipinski definition) is 3. The third-order valence-corrected chi connectivity index (χ3v) is 3.30. The fraction of sp³-hybridized carbons (Fsp3) is 1.00. The topological polar surface area (TPSA) is 84.2 Å². The molecule has 1 fully saturated rings. The molecule has 0 radical (unpaired) electrons. The summed E-state index contributed by atoms with van der Waals surface area (Å²) >= 11 is 0. The zero-order valence-electron chi connectivity index (χ0n) is 8.66. The minimum absolute atomic E-state index is 0.223. The van der Waals surface area contributed by atoms with E-state index >= 15 is 0 Å². The summed E-state index contributed by atoms with van der Waals surface area (Å²) in [6.07, 6.45) is 1.01. The molecule has 1 rings (SSSR count). The van der Waals surface area contributed by atoms with E-state index in [1.807, 2.05) is 0 Å². The van der Waals surface area contributed by atoms with Gasteiger partial charge in [-0.2, -0.15) is 8.42 Å². The maximum atomic E-state index is 10.6. The van der Waals surface area contributed by atoms with Crippen LogP contribution in [0.2, 0.25) is 0 Å². The quantitative estimate of drug-likeness (QED) is 0.593. The van der Waals surface area contributed by atoms with Crippen molar-refractivity contribution in [3.8, 4) is 0 Å². The molecule has 4 N–H and O–H groups in total. The van der Waals surface area contributed by atoms with Gasteiger partial charge in [-0.1, -0.05) is 13.8 Å². The van der Waals surface area contributed by atoms with Crippen LogP contribution >= 0.6 is 0 Å². The SMILES string of the molecule is CC(C)[C@@H]1CN[C@H](CNS(N)(=O)=O)C1. The molecule has 0 aromatic carbocycles. The molecule has 1 aliphatic heterocycles. The molecule has 0 unspecified atom stereocenters. The van der Waals surface area contributed by atoms with E-state index in [2.05, 4.69) is 23.9 Å². The lowest BCUT2D eigenvalue weighted by Gasteiger charge is -2.13. The lowest BCUT2D eigenvalue weighted by Crippen LogP contribution is -2.40. The molecule has 2 atom stereocenters. The Kier molecular flexibility index (Phi) is 3.88. The largest absolute Gasteiger partial charge is 0.312 e. The van der Waals surface area contributed by atoms with Crippen LogP contribution < -0.4 is 15.2 Å². The minimum Gasteiger partial charge on any atom is -0.312 e. The fourth-order valence-electron chi connectivity index (χ4n) is 1.73. The highest BCUT2D eigenvalue weighted by Gasteiger charge is 2.26. The number of rotatable bonds is 4. The molecule has 5 nitrogen and oxygen atoms in total. The maximum Gasteiger partial charge on any atom is 0.274 e. The summed E-state index contributed by atoms with van der Waals surface area (Å²) in [6.45, 7) is 5.72. The van der Waals surface area contributed by atoms with Gasteiger partial charge in [0.2, 0.25) is 0 Å². The minimum atomic E-state index is -3.54. The van der Waals surface area contributed by atoms with Crippen molar-refractivity contribution in [2.75, 3.05) is 13.1 Å². The predicted molar refractivity (Wildman–Crippen MR) is 55.8 cm³/mol. The molecule has 14 heavy (non-hydrogen) atoms. The van der Waals surface area contributed by atoms with Crippen LogP contribution in [0.1, 0.15) is 20.3 Å². The average Bonchev–Trinajstić information content (AvgIpc) is 2.47. The lowest BCUT2D eigenvalue weighted by atomic mass is 9.93. The van der Waals surface area contributed by atoms with Gasteiger partial charge in [-0.25, -0.2) is 9.86 Å². The predicted octanol–water partition coefficient (Wildman–Crippen LogP) is -0.586. The van der Waals surface area contributed by atoms with Crippen molar-refractivity contribution >= 4 is 10.2 Å². The van der Waals surface area contributed by atoms with E-state index in [9.17, 15) is 8.42 Å². The molecule has 0 bridgehead atoms. The van der Waals surface area contributed by atoms with Crippen molar-refractivity contribution < 1.29 is 8.42 Å². The van der Waals surface area contributed by atoms with Gasteiger partial charge in [0.1, 0.15) is 0 Å². The highest BCUT2D eigenvalue weighted by atomic mass is 32.2. The molecule has 0 aromatic rings. The van der Waals surface area contributed by atoms with E-state index in [1.54, 1.807) is 0 Å². The van der Waals surface area contributed by atoms with Crippen LogP contribution in [-0.4, -0.2) is 27.5 Å². The van der Waals surface area contributed by atoms with Crippen LogP contribution in [0.15, 0.2) is 0 Å². The van der Waals surface area contributed by atoms with Gasteiger partial charge < -0.3 is 5.32 Å². The van der Waals surface area contributed by atoms with Crippen LogP contribution in [0.3, 0.4) is 0 Å². The molecule has 0 aliphatic carbocycles. The molecular weight excluding hydrogens is 202 g/mol. The molecule has 0 aromatic heterocycles. The molecule has 6 heteroatoms. The summed E-state index contributed by atoms with van der Waals surface area (Å²) in [5, 5.41) is 8.12. The monoisotopic (exact) mass is 221 g/mol. The van der Waals surface area contributed by atoms with Gasteiger partial charge in [-0.3, -0.25) is 0 Å². The van der Waals surface area contributed by atoms with Gasteiger partial charge in [-0.05, 0) is 24.8 Å². The molecule has 1 saturated heterocycles. The van der Waals surface area contributed by atoms with Crippen LogP contribution in [0, 0.1) is 11.8 Å². The molecular formula is C8H19N3O2S. The van der Waals surface area contributed by atoms with Crippen LogP contribution in [0.4, 0.5) is 0 Å². The second-order valence-corrected chi connectivity index (χ2v) is 5.62. The first kappa shape index (κ1) is 11.9. The normalized spacial score (nSPS) is 28.6. The molecule has 1 aliphatic rings. The average molecular weight is 221 g/mol. The third-order valence-electron chi connectivity index (χ3n) is 2.73. The first-order valence-electron chi connectivity index (χ1n) is 4.89. The smallest absolute Gasteiger partial charge is 0.274 e. The van der Waals surface area contributed by atoms with E-state index in [0.717, 1.165) is 13.0 Å². The second-order valence-electron chi connectivity index (χ2n) is 4.24. The van der Waals surface area contributed by atoms with Crippen molar-refractivity contribution in [1.29, 1.82) is 0 Å². The number of nitrogens with two attached hydrogens (primary N) is 1. The summed E-state index contributed by atoms with van der Waals surface area (Å²) in [7, 11) is -3.54.